The fraction of sp³-hybridized carbons (Fsp3) is 0.536. The lowest BCUT2D eigenvalue weighted by atomic mass is 9.90. The second kappa shape index (κ2) is 11.4. The Morgan fingerprint density at radius 3 is 2.79 bits per heavy atom. The van der Waals surface area contributed by atoms with Crippen molar-refractivity contribution in [3.05, 3.63) is 53.3 Å². The van der Waals surface area contributed by atoms with Gasteiger partial charge >= 0.3 is 6.18 Å². The van der Waals surface area contributed by atoms with Crippen LogP contribution in [0.5, 0.6) is 5.88 Å². The van der Waals surface area contributed by atoms with E-state index in [1.165, 1.54) is 6.07 Å². The number of carbonyl (C=O) groups is 1. The number of ether oxygens (including phenoxy) is 2. The Hall–Kier alpha value is -2.98. The number of rotatable bonds is 8. The Morgan fingerprint density at radius 1 is 1.16 bits per heavy atom. The molecule has 0 bridgehead atoms. The van der Waals surface area contributed by atoms with E-state index in [0.717, 1.165) is 67.5 Å². The molecule has 0 unspecified atom stereocenters. The molecule has 5 rings (SSSR count). The fourth-order valence-electron chi connectivity index (χ4n) is 5.34. The summed E-state index contributed by atoms with van der Waals surface area (Å²) in [6.45, 7) is 1.83. The summed E-state index contributed by atoms with van der Waals surface area (Å²) in [6.07, 6.45) is 2.53. The number of alkyl halides is 3. The first-order chi connectivity index (χ1) is 18.2. The Kier molecular flexibility index (Phi) is 7.99. The van der Waals surface area contributed by atoms with Crippen molar-refractivity contribution in [3.63, 3.8) is 0 Å². The zero-order valence-electron chi connectivity index (χ0n) is 21.5. The van der Waals surface area contributed by atoms with Crippen LogP contribution in [0, 0.1) is 5.92 Å². The highest BCUT2D eigenvalue weighted by Crippen LogP contribution is 2.27. The van der Waals surface area contributed by atoms with E-state index in [1.54, 1.807) is 4.68 Å². The van der Waals surface area contributed by atoms with E-state index in [9.17, 15) is 18.0 Å². The highest BCUT2D eigenvalue weighted by molar-refractivity contribution is 5.99. The highest BCUT2D eigenvalue weighted by Gasteiger charge is 2.29. The number of hydrogen-bond donors (Lipinski definition) is 0. The third kappa shape index (κ3) is 6.91. The van der Waals surface area contributed by atoms with Crippen LogP contribution in [0.4, 0.5) is 13.2 Å². The molecule has 2 aliphatic heterocycles. The van der Waals surface area contributed by atoms with Crippen molar-refractivity contribution in [3.8, 4) is 5.88 Å². The molecule has 2 aliphatic rings. The molecular weight excluding hydrogens is 497 g/mol. The van der Waals surface area contributed by atoms with Crippen LogP contribution >= 0.6 is 0 Å². The van der Waals surface area contributed by atoms with Crippen LogP contribution in [0.15, 0.2) is 36.5 Å². The number of carbonyl (C=O) groups excluding carboxylic acids is 1. The Labute approximate surface area is 219 Å². The number of pyridine rings is 1. The van der Waals surface area contributed by atoms with Crippen LogP contribution in [-0.2, 0) is 24.6 Å². The first-order valence-corrected chi connectivity index (χ1v) is 13.2. The number of hydrogen-bond acceptors (Lipinski definition) is 6. The molecule has 38 heavy (non-hydrogen) atoms. The minimum Gasteiger partial charge on any atom is -0.468 e. The maximum absolute atomic E-state index is 12.8. The van der Waals surface area contributed by atoms with Crippen LogP contribution < -0.4 is 4.74 Å². The molecule has 2 aromatic heterocycles. The molecule has 1 saturated heterocycles. The summed E-state index contributed by atoms with van der Waals surface area (Å²) in [4.78, 5) is 19.5. The van der Waals surface area contributed by atoms with Crippen LogP contribution in [0.3, 0.4) is 0 Å². The molecule has 7 nitrogen and oxygen atoms in total. The quantitative estimate of drug-likeness (QED) is 0.391. The summed E-state index contributed by atoms with van der Waals surface area (Å²) in [5.74, 6) is 0.385. The Morgan fingerprint density at radius 2 is 2.00 bits per heavy atom. The molecule has 3 aromatic rings. The third-order valence-electron chi connectivity index (χ3n) is 7.44. The number of nitrogens with zero attached hydrogens (tertiary/aromatic N) is 4. The van der Waals surface area contributed by atoms with Crippen molar-refractivity contribution >= 4 is 16.7 Å². The van der Waals surface area contributed by atoms with Gasteiger partial charge in [0.25, 0.3) is 0 Å². The zero-order chi connectivity index (χ0) is 26.7. The number of aromatic nitrogens is 3. The van der Waals surface area contributed by atoms with E-state index in [0.29, 0.717) is 25.0 Å². The minimum absolute atomic E-state index is 0.0236. The highest BCUT2D eigenvalue weighted by atomic mass is 19.4. The Bertz CT molecular complexity index is 1270. The predicted molar refractivity (Wildman–Crippen MR) is 136 cm³/mol. The largest absolute Gasteiger partial charge is 0.468 e. The minimum atomic E-state index is -4.38. The van der Waals surface area contributed by atoms with Crippen molar-refractivity contribution in [2.45, 2.75) is 50.8 Å². The van der Waals surface area contributed by atoms with Gasteiger partial charge < -0.3 is 14.4 Å². The van der Waals surface area contributed by atoms with Gasteiger partial charge in [-0.15, -0.1) is 0 Å². The molecule has 0 saturated carbocycles. The van der Waals surface area contributed by atoms with Gasteiger partial charge in [0.1, 0.15) is 0 Å². The molecule has 4 heterocycles. The van der Waals surface area contributed by atoms with Gasteiger partial charge in [-0.1, -0.05) is 18.2 Å². The standard InChI is InChI=1S/C28H33F3N4O3/c1-34-16-22-4-3-21(15-25(22)33-34)26(36)14-19-2-6-23(37-17-19)9-12-35-11-8-20-5-7-27(32-24(20)10-13-35)38-18-28(29,30)31/h3-5,7,15-16,19,23H,2,6,8-14,17-18H2,1H3/t19-,23-/m1/s1. The van der Waals surface area contributed by atoms with Gasteiger partial charge in [0.15, 0.2) is 12.4 Å². The molecule has 1 aromatic carbocycles. The summed E-state index contributed by atoms with van der Waals surface area (Å²) >= 11 is 0. The monoisotopic (exact) mass is 530 g/mol. The number of fused-ring (bicyclic) bond motifs is 2. The summed E-state index contributed by atoms with van der Waals surface area (Å²) in [6, 6.07) is 9.05. The van der Waals surface area contributed by atoms with E-state index in [-0.39, 0.29) is 23.7 Å². The van der Waals surface area contributed by atoms with Gasteiger partial charge in [-0.3, -0.25) is 9.48 Å². The average Bonchev–Trinajstić information content (AvgIpc) is 3.14. The Balaban J connectivity index is 1.04. The lowest BCUT2D eigenvalue weighted by Gasteiger charge is -2.30. The maximum atomic E-state index is 12.8. The molecule has 204 valence electrons. The smallest absolute Gasteiger partial charge is 0.422 e. The van der Waals surface area contributed by atoms with Gasteiger partial charge in [0.2, 0.25) is 5.88 Å². The van der Waals surface area contributed by atoms with Gasteiger partial charge in [-0.2, -0.15) is 18.3 Å². The number of ketones is 1. The molecule has 0 radical (unpaired) electrons. The van der Waals surface area contributed by atoms with Crippen molar-refractivity contribution in [2.75, 3.05) is 32.8 Å². The van der Waals surface area contributed by atoms with Gasteiger partial charge in [0.05, 0.1) is 18.2 Å². The number of Topliss-reactive ketones (excluding diaryl/α,β-unsaturated/α-hetero) is 1. The fourth-order valence-corrected chi connectivity index (χ4v) is 5.34. The van der Waals surface area contributed by atoms with E-state index in [4.69, 9.17) is 9.47 Å². The van der Waals surface area contributed by atoms with E-state index in [1.807, 2.05) is 37.5 Å². The molecular formula is C28H33F3N4O3. The normalized spacial score (nSPS) is 20.7. The van der Waals surface area contributed by atoms with Crippen LogP contribution in [0.2, 0.25) is 0 Å². The molecule has 0 aliphatic carbocycles. The number of halogens is 3. The molecule has 0 N–H and O–H groups in total. The maximum Gasteiger partial charge on any atom is 0.422 e. The van der Waals surface area contributed by atoms with Crippen molar-refractivity contribution in [2.24, 2.45) is 13.0 Å². The molecule has 10 heteroatoms. The number of benzene rings is 1. The van der Waals surface area contributed by atoms with Crippen molar-refractivity contribution < 1.29 is 27.4 Å². The number of aryl methyl sites for hydroxylation is 1. The molecule has 0 spiro atoms. The lowest BCUT2D eigenvalue weighted by Crippen LogP contribution is -2.33. The molecule has 0 amide bonds. The lowest BCUT2D eigenvalue weighted by molar-refractivity contribution is -0.154. The van der Waals surface area contributed by atoms with Crippen molar-refractivity contribution in [1.82, 2.24) is 19.7 Å². The van der Waals surface area contributed by atoms with E-state index in [2.05, 4.69) is 15.0 Å². The van der Waals surface area contributed by atoms with Gasteiger partial charge in [0, 0.05) is 68.4 Å². The van der Waals surface area contributed by atoms with Crippen LogP contribution in [0.1, 0.15) is 47.3 Å². The SMILES string of the molecule is Cn1cc2ccc(C(=O)C[C@H]3CC[C@H](CCN4CCc5ccc(OCC(F)(F)F)nc5CC4)OC3)cc2n1. The van der Waals surface area contributed by atoms with Gasteiger partial charge in [-0.25, -0.2) is 4.98 Å². The summed E-state index contributed by atoms with van der Waals surface area (Å²) in [5, 5.41) is 5.42. The topological polar surface area (TPSA) is 69.5 Å². The van der Waals surface area contributed by atoms with Crippen molar-refractivity contribution in [1.29, 1.82) is 0 Å². The van der Waals surface area contributed by atoms with E-state index >= 15 is 0 Å². The van der Waals surface area contributed by atoms with Crippen LogP contribution in [-0.4, -0.2) is 70.6 Å². The van der Waals surface area contributed by atoms with Gasteiger partial charge in [-0.05, 0) is 43.2 Å². The molecule has 1 fully saturated rings. The molecule has 2 atom stereocenters. The van der Waals surface area contributed by atoms with E-state index < -0.39 is 12.8 Å². The first kappa shape index (κ1) is 26.6. The zero-order valence-corrected chi connectivity index (χ0v) is 21.5. The average molecular weight is 531 g/mol. The summed E-state index contributed by atoms with van der Waals surface area (Å²) in [7, 11) is 1.87. The second-order valence-corrected chi connectivity index (χ2v) is 10.4. The summed E-state index contributed by atoms with van der Waals surface area (Å²) in [5.41, 5.74) is 3.42. The predicted octanol–water partition coefficient (Wildman–Crippen LogP) is 4.77. The first-order valence-electron chi connectivity index (χ1n) is 13.2. The third-order valence-corrected chi connectivity index (χ3v) is 7.44. The second-order valence-electron chi connectivity index (χ2n) is 10.4. The van der Waals surface area contributed by atoms with Crippen LogP contribution in [0.25, 0.3) is 10.9 Å². The summed E-state index contributed by atoms with van der Waals surface area (Å²) < 4.78 is 50.0.